The van der Waals surface area contributed by atoms with Crippen molar-refractivity contribution >= 4 is 15.9 Å². The van der Waals surface area contributed by atoms with Gasteiger partial charge in [0.05, 0.1) is 11.0 Å². The molecule has 7 heteroatoms. The number of sulfonamides is 1. The SMILES string of the molecule is CC[C@H](C)NS(=O)(=O)c1ccc(C(=O)N(CC)C[C@H]2CCCO2)cc1. The lowest BCUT2D eigenvalue weighted by atomic mass is 10.1. The van der Waals surface area contributed by atoms with Gasteiger partial charge in [0.1, 0.15) is 0 Å². The second kappa shape index (κ2) is 8.78. The molecular weight excluding hydrogens is 340 g/mol. The predicted molar refractivity (Wildman–Crippen MR) is 97.1 cm³/mol. The van der Waals surface area contributed by atoms with Crippen molar-refractivity contribution in [2.45, 2.75) is 57.1 Å². The van der Waals surface area contributed by atoms with E-state index >= 15 is 0 Å². The molecule has 2 rings (SSSR count). The van der Waals surface area contributed by atoms with E-state index in [9.17, 15) is 13.2 Å². The van der Waals surface area contributed by atoms with Gasteiger partial charge in [-0.2, -0.15) is 0 Å². The Balaban J connectivity index is 2.08. The van der Waals surface area contributed by atoms with Crippen molar-refractivity contribution in [3.63, 3.8) is 0 Å². The van der Waals surface area contributed by atoms with E-state index < -0.39 is 10.0 Å². The number of nitrogens with zero attached hydrogens (tertiary/aromatic N) is 1. The smallest absolute Gasteiger partial charge is 0.253 e. The Morgan fingerprint density at radius 2 is 2.00 bits per heavy atom. The monoisotopic (exact) mass is 368 g/mol. The standard InChI is InChI=1S/C18H28N2O4S/c1-4-14(3)19-25(22,23)17-10-8-15(9-11-17)18(21)20(5-2)13-16-7-6-12-24-16/h8-11,14,16,19H,4-7,12-13H2,1-3H3/t14-,16+/m0/s1. The van der Waals surface area contributed by atoms with E-state index in [-0.39, 0.29) is 22.9 Å². The number of carbonyl (C=O) groups excluding carboxylic acids is 1. The molecule has 1 amide bonds. The summed E-state index contributed by atoms with van der Waals surface area (Å²) in [6.45, 7) is 7.59. The minimum Gasteiger partial charge on any atom is -0.376 e. The first-order valence-electron chi connectivity index (χ1n) is 8.90. The third kappa shape index (κ3) is 5.26. The molecule has 0 aliphatic carbocycles. The Bertz CT molecular complexity index is 667. The average Bonchev–Trinajstić information content (AvgIpc) is 3.12. The van der Waals surface area contributed by atoms with Gasteiger partial charge in [0.25, 0.3) is 5.91 Å². The van der Waals surface area contributed by atoms with E-state index in [1.54, 1.807) is 17.0 Å². The zero-order valence-electron chi connectivity index (χ0n) is 15.2. The first-order valence-corrected chi connectivity index (χ1v) is 10.4. The first kappa shape index (κ1) is 19.9. The van der Waals surface area contributed by atoms with Crippen LogP contribution in [0.15, 0.2) is 29.2 Å². The molecule has 2 atom stereocenters. The van der Waals surface area contributed by atoms with Crippen LogP contribution in [0.2, 0.25) is 0 Å². The number of nitrogens with one attached hydrogen (secondary N) is 1. The molecule has 1 fully saturated rings. The van der Waals surface area contributed by atoms with Crippen LogP contribution in [0.5, 0.6) is 0 Å². The molecule has 0 unspecified atom stereocenters. The Labute approximate surface area is 150 Å². The van der Waals surface area contributed by atoms with Crippen molar-refractivity contribution in [3.05, 3.63) is 29.8 Å². The summed E-state index contributed by atoms with van der Waals surface area (Å²) in [6.07, 6.45) is 2.82. The zero-order chi connectivity index (χ0) is 18.4. The highest BCUT2D eigenvalue weighted by molar-refractivity contribution is 7.89. The topological polar surface area (TPSA) is 75.7 Å². The highest BCUT2D eigenvalue weighted by Crippen LogP contribution is 2.17. The Kier molecular flexibility index (Phi) is 6.98. The molecule has 1 aliphatic heterocycles. The molecule has 0 bridgehead atoms. The molecular formula is C18H28N2O4S. The molecule has 25 heavy (non-hydrogen) atoms. The number of rotatable bonds is 8. The van der Waals surface area contributed by atoms with Crippen LogP contribution in [0.1, 0.15) is 50.4 Å². The predicted octanol–water partition coefficient (Wildman–Crippen LogP) is 2.40. The summed E-state index contributed by atoms with van der Waals surface area (Å²) in [5.74, 6) is -0.100. The van der Waals surface area contributed by atoms with Gasteiger partial charge in [-0.1, -0.05) is 6.92 Å². The van der Waals surface area contributed by atoms with E-state index in [1.807, 2.05) is 20.8 Å². The summed E-state index contributed by atoms with van der Waals surface area (Å²) in [5, 5.41) is 0. The zero-order valence-corrected chi connectivity index (χ0v) is 16.0. The maximum absolute atomic E-state index is 12.7. The minimum atomic E-state index is -3.55. The van der Waals surface area contributed by atoms with Crippen LogP contribution in [0.3, 0.4) is 0 Å². The Morgan fingerprint density at radius 1 is 1.32 bits per heavy atom. The molecule has 0 spiro atoms. The number of ether oxygens (including phenoxy) is 1. The largest absolute Gasteiger partial charge is 0.376 e. The van der Waals surface area contributed by atoms with Crippen LogP contribution < -0.4 is 4.72 Å². The van der Waals surface area contributed by atoms with Crippen molar-refractivity contribution < 1.29 is 17.9 Å². The van der Waals surface area contributed by atoms with Gasteiger partial charge in [0.15, 0.2) is 0 Å². The second-order valence-corrected chi connectivity index (χ2v) is 8.15. The molecule has 1 saturated heterocycles. The van der Waals surface area contributed by atoms with Gasteiger partial charge >= 0.3 is 0 Å². The van der Waals surface area contributed by atoms with Gasteiger partial charge in [-0.05, 0) is 57.4 Å². The number of hydrogen-bond donors (Lipinski definition) is 1. The van der Waals surface area contributed by atoms with E-state index in [4.69, 9.17) is 4.74 Å². The van der Waals surface area contributed by atoms with Crippen LogP contribution in [0.25, 0.3) is 0 Å². The summed E-state index contributed by atoms with van der Waals surface area (Å²) < 4.78 is 32.8. The van der Waals surface area contributed by atoms with Crippen LogP contribution in [0, 0.1) is 0 Å². The molecule has 0 radical (unpaired) electrons. The quantitative estimate of drug-likeness (QED) is 0.764. The molecule has 6 nitrogen and oxygen atoms in total. The second-order valence-electron chi connectivity index (χ2n) is 6.43. The maximum atomic E-state index is 12.7. The normalized spacial score (nSPS) is 18.9. The van der Waals surface area contributed by atoms with Crippen LogP contribution in [-0.4, -0.2) is 51.1 Å². The Hall–Kier alpha value is -1.44. The molecule has 1 N–H and O–H groups in total. The van der Waals surface area contributed by atoms with E-state index in [1.165, 1.54) is 12.1 Å². The third-order valence-electron chi connectivity index (χ3n) is 4.50. The van der Waals surface area contributed by atoms with Gasteiger partial charge < -0.3 is 9.64 Å². The lowest BCUT2D eigenvalue weighted by molar-refractivity contribution is 0.0539. The lowest BCUT2D eigenvalue weighted by Gasteiger charge is -2.24. The number of amides is 1. The molecule has 1 aromatic carbocycles. The summed E-state index contributed by atoms with van der Waals surface area (Å²) in [5.41, 5.74) is 0.488. The molecule has 140 valence electrons. The average molecular weight is 368 g/mol. The van der Waals surface area contributed by atoms with Gasteiger partial charge in [0.2, 0.25) is 10.0 Å². The van der Waals surface area contributed by atoms with E-state index in [0.29, 0.717) is 25.1 Å². The van der Waals surface area contributed by atoms with Crippen LogP contribution in [-0.2, 0) is 14.8 Å². The van der Waals surface area contributed by atoms with Crippen LogP contribution in [0.4, 0.5) is 0 Å². The molecule has 0 saturated carbocycles. The third-order valence-corrected chi connectivity index (χ3v) is 6.10. The summed E-state index contributed by atoms with van der Waals surface area (Å²) >= 11 is 0. The van der Waals surface area contributed by atoms with Gasteiger partial charge in [0, 0.05) is 31.3 Å². The lowest BCUT2D eigenvalue weighted by Crippen LogP contribution is -2.37. The van der Waals surface area contributed by atoms with Crippen molar-refractivity contribution in [1.82, 2.24) is 9.62 Å². The highest BCUT2D eigenvalue weighted by Gasteiger charge is 2.23. The fourth-order valence-corrected chi connectivity index (χ4v) is 4.09. The molecule has 1 aromatic rings. The highest BCUT2D eigenvalue weighted by atomic mass is 32.2. The van der Waals surface area contributed by atoms with E-state index in [2.05, 4.69) is 4.72 Å². The number of hydrogen-bond acceptors (Lipinski definition) is 4. The van der Waals surface area contributed by atoms with Gasteiger partial charge in [-0.25, -0.2) is 13.1 Å². The molecule has 1 heterocycles. The molecule has 0 aromatic heterocycles. The summed E-state index contributed by atoms with van der Waals surface area (Å²) in [7, 11) is -3.55. The first-order chi connectivity index (χ1) is 11.9. The van der Waals surface area contributed by atoms with Crippen LogP contribution >= 0.6 is 0 Å². The summed E-state index contributed by atoms with van der Waals surface area (Å²) in [4.78, 5) is 14.6. The van der Waals surface area contributed by atoms with Crippen molar-refractivity contribution in [2.75, 3.05) is 19.7 Å². The van der Waals surface area contributed by atoms with E-state index in [0.717, 1.165) is 19.4 Å². The molecule has 1 aliphatic rings. The number of benzene rings is 1. The van der Waals surface area contributed by atoms with Crippen molar-refractivity contribution in [1.29, 1.82) is 0 Å². The fourth-order valence-electron chi connectivity index (χ4n) is 2.77. The van der Waals surface area contributed by atoms with Crippen molar-refractivity contribution in [2.24, 2.45) is 0 Å². The van der Waals surface area contributed by atoms with Crippen molar-refractivity contribution in [3.8, 4) is 0 Å². The Morgan fingerprint density at radius 3 is 2.52 bits per heavy atom. The summed E-state index contributed by atoms with van der Waals surface area (Å²) in [6, 6.07) is 5.99. The maximum Gasteiger partial charge on any atom is 0.253 e. The number of likely N-dealkylation sites (N-methyl/N-ethyl adjacent to an activating group) is 1. The number of carbonyl (C=O) groups is 1. The minimum absolute atomic E-state index is 0.100. The van der Waals surface area contributed by atoms with Gasteiger partial charge in [-0.15, -0.1) is 0 Å². The fraction of sp³-hybridized carbons (Fsp3) is 0.611. The van der Waals surface area contributed by atoms with Gasteiger partial charge in [-0.3, -0.25) is 4.79 Å².